The molecule has 0 fully saturated rings. The highest BCUT2D eigenvalue weighted by atomic mass is 16.3. The summed E-state index contributed by atoms with van der Waals surface area (Å²) < 4.78 is 0. The number of hydrogen-bond donors (Lipinski definition) is 4. The van der Waals surface area contributed by atoms with Crippen LogP contribution >= 0.6 is 0 Å². The zero-order valence-corrected chi connectivity index (χ0v) is 11.0. The van der Waals surface area contributed by atoms with Gasteiger partial charge in [-0.2, -0.15) is 0 Å². The van der Waals surface area contributed by atoms with Crippen LogP contribution in [0.15, 0.2) is 42.5 Å². The SMILES string of the molecule is O=C(Nc1ccc(C#CCO)cc1)c1ccc(O)c(O)c1. The number of aliphatic hydroxyl groups excluding tert-OH is 1. The Morgan fingerprint density at radius 1 is 1.05 bits per heavy atom. The Labute approximate surface area is 121 Å². The van der Waals surface area contributed by atoms with Gasteiger partial charge in [0.2, 0.25) is 0 Å². The number of benzene rings is 2. The summed E-state index contributed by atoms with van der Waals surface area (Å²) in [6.07, 6.45) is 0. The van der Waals surface area contributed by atoms with E-state index in [1.165, 1.54) is 18.2 Å². The van der Waals surface area contributed by atoms with Crippen LogP contribution in [-0.4, -0.2) is 27.8 Å². The molecule has 2 rings (SSSR count). The summed E-state index contributed by atoms with van der Waals surface area (Å²) in [5.41, 5.74) is 1.53. The first kappa shape index (κ1) is 14.4. The van der Waals surface area contributed by atoms with Crippen molar-refractivity contribution in [2.45, 2.75) is 0 Å². The van der Waals surface area contributed by atoms with Crippen LogP contribution in [0, 0.1) is 11.8 Å². The van der Waals surface area contributed by atoms with E-state index in [0.29, 0.717) is 5.69 Å². The molecule has 0 aromatic heterocycles. The molecule has 5 nitrogen and oxygen atoms in total. The van der Waals surface area contributed by atoms with E-state index in [0.717, 1.165) is 5.56 Å². The van der Waals surface area contributed by atoms with Gasteiger partial charge >= 0.3 is 0 Å². The van der Waals surface area contributed by atoms with Crippen molar-refractivity contribution in [2.24, 2.45) is 0 Å². The molecule has 1 amide bonds. The summed E-state index contributed by atoms with van der Waals surface area (Å²) >= 11 is 0. The number of anilines is 1. The molecule has 0 aliphatic heterocycles. The maximum Gasteiger partial charge on any atom is 0.255 e. The molecule has 0 aliphatic carbocycles. The fourth-order valence-corrected chi connectivity index (χ4v) is 1.65. The van der Waals surface area contributed by atoms with E-state index in [1.807, 2.05) is 0 Å². The molecule has 0 atom stereocenters. The summed E-state index contributed by atoms with van der Waals surface area (Å²) in [5, 5.41) is 29.8. The number of aliphatic hydroxyl groups is 1. The number of aromatic hydroxyl groups is 2. The van der Waals surface area contributed by atoms with Gasteiger partial charge in [-0.25, -0.2) is 0 Å². The second-order valence-electron chi connectivity index (χ2n) is 4.19. The van der Waals surface area contributed by atoms with Gasteiger partial charge < -0.3 is 20.6 Å². The molecule has 0 aliphatic rings. The topological polar surface area (TPSA) is 89.8 Å². The van der Waals surface area contributed by atoms with Crippen LogP contribution in [0.2, 0.25) is 0 Å². The molecule has 2 aromatic rings. The largest absolute Gasteiger partial charge is 0.504 e. The van der Waals surface area contributed by atoms with Crippen LogP contribution in [0.25, 0.3) is 0 Å². The van der Waals surface area contributed by atoms with Crippen LogP contribution in [0.5, 0.6) is 11.5 Å². The Kier molecular flexibility index (Phi) is 4.44. The third-order valence-electron chi connectivity index (χ3n) is 2.69. The third kappa shape index (κ3) is 3.75. The van der Waals surface area contributed by atoms with Gasteiger partial charge in [0.05, 0.1) is 0 Å². The quantitative estimate of drug-likeness (QED) is 0.499. The van der Waals surface area contributed by atoms with E-state index < -0.39 is 5.91 Å². The molecule has 0 bridgehead atoms. The monoisotopic (exact) mass is 283 g/mol. The fourth-order valence-electron chi connectivity index (χ4n) is 1.65. The highest BCUT2D eigenvalue weighted by Gasteiger charge is 2.09. The summed E-state index contributed by atoms with van der Waals surface area (Å²) in [5.74, 6) is 4.24. The van der Waals surface area contributed by atoms with Crippen molar-refractivity contribution in [1.82, 2.24) is 0 Å². The summed E-state index contributed by atoms with van der Waals surface area (Å²) in [6, 6.07) is 10.6. The second kappa shape index (κ2) is 6.46. The third-order valence-corrected chi connectivity index (χ3v) is 2.69. The summed E-state index contributed by atoms with van der Waals surface area (Å²) in [7, 11) is 0. The minimum atomic E-state index is -0.403. The second-order valence-corrected chi connectivity index (χ2v) is 4.19. The fraction of sp³-hybridized carbons (Fsp3) is 0.0625. The number of phenols is 2. The van der Waals surface area contributed by atoms with Gasteiger partial charge in [0.15, 0.2) is 11.5 Å². The van der Waals surface area contributed by atoms with E-state index in [9.17, 15) is 15.0 Å². The minimum absolute atomic E-state index is 0.206. The number of carbonyl (C=O) groups excluding carboxylic acids is 1. The minimum Gasteiger partial charge on any atom is -0.504 e. The molecular weight excluding hydrogens is 270 g/mol. The number of rotatable bonds is 2. The zero-order valence-electron chi connectivity index (χ0n) is 11.0. The first-order valence-corrected chi connectivity index (χ1v) is 6.13. The van der Waals surface area contributed by atoms with Crippen molar-refractivity contribution in [2.75, 3.05) is 11.9 Å². The van der Waals surface area contributed by atoms with E-state index in [1.54, 1.807) is 24.3 Å². The number of carbonyl (C=O) groups is 1. The molecule has 0 saturated carbocycles. The number of hydrogen-bond acceptors (Lipinski definition) is 4. The molecule has 0 unspecified atom stereocenters. The van der Waals surface area contributed by atoms with Crippen molar-refractivity contribution in [3.05, 3.63) is 53.6 Å². The standard InChI is InChI=1S/C16H13NO4/c18-9-1-2-11-3-6-13(7-4-11)17-16(21)12-5-8-14(19)15(20)10-12/h3-8,10,18-20H,9H2,(H,17,21). The lowest BCUT2D eigenvalue weighted by molar-refractivity contribution is 0.102. The van der Waals surface area contributed by atoms with E-state index in [-0.39, 0.29) is 23.7 Å². The van der Waals surface area contributed by atoms with Crippen LogP contribution in [-0.2, 0) is 0 Å². The summed E-state index contributed by atoms with van der Waals surface area (Å²) in [4.78, 5) is 12.0. The van der Waals surface area contributed by atoms with Crippen molar-refractivity contribution < 1.29 is 20.1 Å². The molecule has 4 N–H and O–H groups in total. The molecule has 21 heavy (non-hydrogen) atoms. The van der Waals surface area contributed by atoms with E-state index in [4.69, 9.17) is 5.11 Å². The average molecular weight is 283 g/mol. The van der Waals surface area contributed by atoms with Crippen LogP contribution in [0.3, 0.4) is 0 Å². The number of nitrogens with one attached hydrogen (secondary N) is 1. The van der Waals surface area contributed by atoms with Crippen molar-refractivity contribution in [1.29, 1.82) is 0 Å². The lowest BCUT2D eigenvalue weighted by Gasteiger charge is -2.06. The first-order chi connectivity index (χ1) is 10.1. The molecule has 106 valence electrons. The predicted octanol–water partition coefficient (Wildman–Crippen LogP) is 1.69. The maximum absolute atomic E-state index is 12.0. The highest BCUT2D eigenvalue weighted by molar-refractivity contribution is 6.04. The van der Waals surface area contributed by atoms with Gasteiger partial charge in [-0.1, -0.05) is 11.8 Å². The Bertz CT molecular complexity index is 711. The lowest BCUT2D eigenvalue weighted by atomic mass is 10.1. The number of amides is 1. The molecule has 0 spiro atoms. The van der Waals surface area contributed by atoms with Crippen molar-refractivity contribution >= 4 is 11.6 Å². The molecule has 2 aromatic carbocycles. The normalized spacial score (nSPS) is 9.57. The van der Waals surface area contributed by atoms with Crippen LogP contribution in [0.1, 0.15) is 15.9 Å². The van der Waals surface area contributed by atoms with Gasteiger partial charge in [0.25, 0.3) is 5.91 Å². The van der Waals surface area contributed by atoms with Crippen molar-refractivity contribution in [3.63, 3.8) is 0 Å². The van der Waals surface area contributed by atoms with Gasteiger partial charge in [-0.15, -0.1) is 0 Å². The molecule has 0 heterocycles. The Balaban J connectivity index is 2.10. The number of phenolic OH excluding ortho intramolecular Hbond substituents is 2. The lowest BCUT2D eigenvalue weighted by Crippen LogP contribution is -2.11. The smallest absolute Gasteiger partial charge is 0.255 e. The molecule has 0 saturated heterocycles. The van der Waals surface area contributed by atoms with Crippen molar-refractivity contribution in [3.8, 4) is 23.3 Å². The van der Waals surface area contributed by atoms with Crippen LogP contribution in [0.4, 0.5) is 5.69 Å². The molecule has 0 radical (unpaired) electrons. The van der Waals surface area contributed by atoms with Gasteiger partial charge in [-0.05, 0) is 42.5 Å². The highest BCUT2D eigenvalue weighted by Crippen LogP contribution is 2.25. The molecule has 5 heteroatoms. The van der Waals surface area contributed by atoms with E-state index in [2.05, 4.69) is 17.2 Å². The molecular formula is C16H13NO4. The van der Waals surface area contributed by atoms with Crippen LogP contribution < -0.4 is 5.32 Å². The van der Waals surface area contributed by atoms with Gasteiger partial charge in [0, 0.05) is 16.8 Å². The Morgan fingerprint density at radius 2 is 1.76 bits per heavy atom. The summed E-state index contributed by atoms with van der Waals surface area (Å²) in [6.45, 7) is -0.206. The maximum atomic E-state index is 12.0. The van der Waals surface area contributed by atoms with E-state index >= 15 is 0 Å². The van der Waals surface area contributed by atoms with Gasteiger partial charge in [-0.3, -0.25) is 4.79 Å². The zero-order chi connectivity index (χ0) is 15.2. The Morgan fingerprint density at radius 3 is 2.38 bits per heavy atom. The predicted molar refractivity (Wildman–Crippen MR) is 78.1 cm³/mol. The first-order valence-electron chi connectivity index (χ1n) is 6.13. The Hall–Kier alpha value is -2.97. The average Bonchev–Trinajstić information content (AvgIpc) is 2.49. The van der Waals surface area contributed by atoms with Gasteiger partial charge in [0.1, 0.15) is 6.61 Å².